The van der Waals surface area contributed by atoms with Gasteiger partial charge in [0.05, 0.1) is 145 Å². The summed E-state index contributed by atoms with van der Waals surface area (Å²) in [6, 6.07) is 0. The molecule has 0 heterocycles. The van der Waals surface area contributed by atoms with E-state index in [9.17, 15) is 9.59 Å². The minimum absolute atomic E-state index is 0.140. The van der Waals surface area contributed by atoms with Crippen LogP contribution in [0, 0.1) is 0 Å². The second-order valence-electron chi connectivity index (χ2n) is 12.5. The third-order valence-electron chi connectivity index (χ3n) is 7.64. The lowest BCUT2D eigenvalue weighted by molar-refractivity contribution is -0.146. The van der Waals surface area contributed by atoms with Crippen molar-refractivity contribution >= 4 is 11.9 Å². The maximum atomic E-state index is 11.8. The van der Waals surface area contributed by atoms with Gasteiger partial charge < -0.3 is 61.6 Å². The van der Waals surface area contributed by atoms with Crippen LogP contribution in [0.2, 0.25) is 0 Å². The van der Waals surface area contributed by atoms with Crippen LogP contribution in [0.3, 0.4) is 0 Å². The summed E-state index contributed by atoms with van der Waals surface area (Å²) in [5.41, 5.74) is 0. The van der Waals surface area contributed by atoms with E-state index in [-0.39, 0.29) is 25.2 Å². The van der Waals surface area contributed by atoms with Crippen molar-refractivity contribution in [1.82, 2.24) is 0 Å². The van der Waals surface area contributed by atoms with Gasteiger partial charge >= 0.3 is 11.9 Å². The van der Waals surface area contributed by atoms with Gasteiger partial charge in [-0.25, -0.2) is 0 Å². The zero-order valence-electron chi connectivity index (χ0n) is 34.6. The van der Waals surface area contributed by atoms with Gasteiger partial charge in [-0.1, -0.05) is 65.2 Å². The molecule has 0 atom stereocenters. The molecular formula is C40H78O15. The van der Waals surface area contributed by atoms with Gasteiger partial charge in [0, 0.05) is 12.8 Å². The predicted molar refractivity (Wildman–Crippen MR) is 208 cm³/mol. The third-order valence-corrected chi connectivity index (χ3v) is 7.64. The van der Waals surface area contributed by atoms with E-state index >= 15 is 0 Å². The predicted octanol–water partition coefficient (Wildman–Crippen LogP) is 4.98. The molecule has 0 radical (unpaired) electrons. The molecule has 0 bridgehead atoms. The van der Waals surface area contributed by atoms with Crippen molar-refractivity contribution in [2.75, 3.05) is 159 Å². The Bertz CT molecular complexity index is 762. The summed E-state index contributed by atoms with van der Waals surface area (Å²) in [6.45, 7) is 15.1. The molecule has 0 aromatic heterocycles. The third kappa shape index (κ3) is 48.6. The quantitative estimate of drug-likeness (QED) is 0.0601. The number of hydrogen-bond donors (Lipinski definition) is 0. The highest BCUT2D eigenvalue weighted by atomic mass is 16.6. The van der Waals surface area contributed by atoms with E-state index in [0.29, 0.717) is 158 Å². The van der Waals surface area contributed by atoms with E-state index in [1.54, 1.807) is 0 Å². The van der Waals surface area contributed by atoms with Gasteiger partial charge in [0.15, 0.2) is 0 Å². The average Bonchev–Trinajstić information content (AvgIpc) is 3.18. The minimum Gasteiger partial charge on any atom is -0.463 e. The van der Waals surface area contributed by atoms with E-state index in [2.05, 4.69) is 6.92 Å². The van der Waals surface area contributed by atoms with Crippen molar-refractivity contribution in [3.05, 3.63) is 0 Å². The molecule has 0 amide bonds. The summed E-state index contributed by atoms with van der Waals surface area (Å²) >= 11 is 0. The molecule has 0 unspecified atom stereocenters. The maximum absolute atomic E-state index is 11.8. The Labute approximate surface area is 332 Å². The van der Waals surface area contributed by atoms with Gasteiger partial charge in [-0.2, -0.15) is 0 Å². The van der Waals surface area contributed by atoms with E-state index in [4.69, 9.17) is 61.6 Å². The highest BCUT2D eigenvalue weighted by Crippen LogP contribution is 2.10. The molecule has 0 spiro atoms. The number of rotatable bonds is 48. The Morgan fingerprint density at radius 2 is 0.473 bits per heavy atom. The van der Waals surface area contributed by atoms with Gasteiger partial charge in [-0.15, -0.1) is 0 Å². The number of hydrogen-bond acceptors (Lipinski definition) is 15. The fraction of sp³-hybridized carbons (Fsp3) is 0.950. The summed E-state index contributed by atoms with van der Waals surface area (Å²) in [4.78, 5) is 23.0. The Kier molecular flexibility index (Phi) is 47.3. The summed E-state index contributed by atoms with van der Waals surface area (Å²) in [5.74, 6) is -0.331. The number of carbonyl (C=O) groups is 2. The molecule has 0 fully saturated rings. The number of carbonyl (C=O) groups excluding carboxylic acids is 2. The van der Waals surface area contributed by atoms with Gasteiger partial charge in [-0.3, -0.25) is 9.59 Å². The standard InChI is InChI=1S/C40H78O15/c1-3-5-6-7-8-9-10-11-12-14-40(42)55-38-36-53-34-32-51-30-28-49-26-24-47-22-20-45-18-16-43-15-17-44-19-21-46-23-25-48-27-29-50-31-33-52-35-37-54-39(41)13-4-2/h3-38H2,1-2H3. The molecule has 15 heteroatoms. The first-order chi connectivity index (χ1) is 27.2. The van der Waals surface area contributed by atoms with Crippen LogP contribution in [-0.2, 0) is 71.2 Å². The largest absolute Gasteiger partial charge is 0.463 e. The highest BCUT2D eigenvalue weighted by molar-refractivity contribution is 5.69. The second kappa shape index (κ2) is 48.6. The van der Waals surface area contributed by atoms with Gasteiger partial charge in [-0.05, 0) is 12.8 Å². The van der Waals surface area contributed by atoms with Crippen molar-refractivity contribution in [3.8, 4) is 0 Å². The zero-order valence-corrected chi connectivity index (χ0v) is 34.6. The van der Waals surface area contributed by atoms with Crippen LogP contribution in [0.15, 0.2) is 0 Å². The average molecular weight is 799 g/mol. The van der Waals surface area contributed by atoms with Crippen LogP contribution in [0.25, 0.3) is 0 Å². The molecule has 0 rings (SSSR count). The number of esters is 2. The van der Waals surface area contributed by atoms with Gasteiger partial charge in [0.1, 0.15) is 13.2 Å². The molecule has 0 N–H and O–H groups in total. The first-order valence-corrected chi connectivity index (χ1v) is 20.9. The first-order valence-electron chi connectivity index (χ1n) is 20.9. The Balaban J connectivity index is 3.12. The van der Waals surface area contributed by atoms with Crippen LogP contribution >= 0.6 is 0 Å². The van der Waals surface area contributed by atoms with Crippen LogP contribution in [-0.4, -0.2) is 171 Å². The Morgan fingerprint density at radius 3 is 0.727 bits per heavy atom. The normalized spacial score (nSPS) is 11.4. The Hall–Kier alpha value is -1.50. The molecule has 0 aliphatic rings. The molecule has 0 aromatic carbocycles. The lowest BCUT2D eigenvalue weighted by Gasteiger charge is -2.09. The molecule has 0 aliphatic carbocycles. The minimum atomic E-state index is -0.191. The van der Waals surface area contributed by atoms with E-state index < -0.39 is 0 Å². The molecule has 0 saturated heterocycles. The van der Waals surface area contributed by atoms with Gasteiger partial charge in [0.2, 0.25) is 0 Å². The lowest BCUT2D eigenvalue weighted by Crippen LogP contribution is -2.16. The van der Waals surface area contributed by atoms with Crippen molar-refractivity contribution in [3.63, 3.8) is 0 Å². The lowest BCUT2D eigenvalue weighted by atomic mass is 10.1. The fourth-order valence-electron chi connectivity index (χ4n) is 4.66. The van der Waals surface area contributed by atoms with Crippen LogP contribution < -0.4 is 0 Å². The summed E-state index contributed by atoms with van der Waals surface area (Å²) in [5, 5.41) is 0. The molecular weight excluding hydrogens is 720 g/mol. The fourth-order valence-corrected chi connectivity index (χ4v) is 4.66. The first kappa shape index (κ1) is 53.5. The highest BCUT2D eigenvalue weighted by Gasteiger charge is 2.03. The summed E-state index contributed by atoms with van der Waals surface area (Å²) in [6.07, 6.45) is 12.8. The zero-order chi connectivity index (χ0) is 39.8. The smallest absolute Gasteiger partial charge is 0.305 e. The van der Waals surface area contributed by atoms with Gasteiger partial charge in [0.25, 0.3) is 0 Å². The van der Waals surface area contributed by atoms with Crippen LogP contribution in [0.1, 0.15) is 90.9 Å². The monoisotopic (exact) mass is 799 g/mol. The van der Waals surface area contributed by atoms with Crippen molar-refractivity contribution in [2.24, 2.45) is 0 Å². The molecule has 0 aromatic rings. The second-order valence-corrected chi connectivity index (χ2v) is 12.5. The van der Waals surface area contributed by atoms with Crippen molar-refractivity contribution in [2.45, 2.75) is 90.9 Å². The molecule has 55 heavy (non-hydrogen) atoms. The number of ether oxygens (including phenoxy) is 13. The van der Waals surface area contributed by atoms with E-state index in [1.165, 1.54) is 44.9 Å². The SMILES string of the molecule is CCCCCCCCCCCC(=O)OCCOCCOCCOCCOCCOCCOCCOCCOCCOCCOCCOCCOC(=O)CCC. The topological polar surface area (TPSA) is 154 Å². The molecule has 0 aliphatic heterocycles. The molecule has 328 valence electrons. The van der Waals surface area contributed by atoms with Crippen LogP contribution in [0.4, 0.5) is 0 Å². The molecule has 0 saturated carbocycles. The van der Waals surface area contributed by atoms with E-state index in [0.717, 1.165) is 19.3 Å². The van der Waals surface area contributed by atoms with E-state index in [1.807, 2.05) is 6.92 Å². The maximum Gasteiger partial charge on any atom is 0.305 e. The Morgan fingerprint density at radius 1 is 0.255 bits per heavy atom. The van der Waals surface area contributed by atoms with Crippen molar-refractivity contribution < 1.29 is 71.2 Å². The summed E-state index contributed by atoms with van der Waals surface area (Å²) < 4.78 is 70.3. The number of unbranched alkanes of at least 4 members (excludes halogenated alkanes) is 8. The van der Waals surface area contributed by atoms with Crippen LogP contribution in [0.5, 0.6) is 0 Å². The summed E-state index contributed by atoms with van der Waals surface area (Å²) in [7, 11) is 0. The van der Waals surface area contributed by atoms with Crippen molar-refractivity contribution in [1.29, 1.82) is 0 Å². The molecule has 15 nitrogen and oxygen atoms in total.